The van der Waals surface area contributed by atoms with Gasteiger partial charge in [-0.15, -0.1) is 11.8 Å². The minimum Gasteiger partial charge on any atom is -0.375 e. The van der Waals surface area contributed by atoms with E-state index in [0.29, 0.717) is 6.54 Å². The topological polar surface area (TPSA) is 75.5 Å². The van der Waals surface area contributed by atoms with Gasteiger partial charge in [0.05, 0.1) is 4.92 Å². The van der Waals surface area contributed by atoms with Crippen molar-refractivity contribution >= 4 is 29.0 Å². The number of carbonyl (C=O) groups is 1. The number of anilines is 1. The van der Waals surface area contributed by atoms with Crippen LogP contribution in [0.1, 0.15) is 16.8 Å². The number of benzene rings is 2. The van der Waals surface area contributed by atoms with Gasteiger partial charge in [0.25, 0.3) is 11.6 Å². The number of nitro benzene ring substituents is 1. The molecule has 0 atom stereocenters. The highest BCUT2D eigenvalue weighted by molar-refractivity contribution is 7.98. The second-order valence-corrected chi connectivity index (χ2v) is 6.39. The largest absolute Gasteiger partial charge is 0.375 e. The third kappa shape index (κ3) is 5.22. The molecule has 132 valence electrons. The third-order valence-corrected chi connectivity index (χ3v) is 4.52. The van der Waals surface area contributed by atoms with Crippen LogP contribution in [0.3, 0.4) is 0 Å². The van der Waals surface area contributed by atoms with Gasteiger partial charge in [-0.3, -0.25) is 14.9 Å². The van der Waals surface area contributed by atoms with Gasteiger partial charge in [0, 0.05) is 36.8 Å². The number of nitrogens with one attached hydrogen (secondary N) is 1. The maximum atomic E-state index is 12.3. The predicted molar refractivity (Wildman–Crippen MR) is 102 cm³/mol. The number of hydrogen-bond donors (Lipinski definition) is 1. The fourth-order valence-corrected chi connectivity index (χ4v) is 2.85. The van der Waals surface area contributed by atoms with Crippen molar-refractivity contribution in [3.05, 3.63) is 64.2 Å². The number of nitro groups is 1. The summed E-state index contributed by atoms with van der Waals surface area (Å²) in [5, 5.41) is 13.9. The van der Waals surface area contributed by atoms with Crippen LogP contribution in [0.15, 0.2) is 53.4 Å². The summed E-state index contributed by atoms with van der Waals surface area (Å²) in [4.78, 5) is 25.8. The highest BCUT2D eigenvalue weighted by atomic mass is 32.2. The van der Waals surface area contributed by atoms with Gasteiger partial charge in [-0.25, -0.2) is 0 Å². The molecule has 0 radical (unpaired) electrons. The Balaban J connectivity index is 1.91. The lowest BCUT2D eigenvalue weighted by molar-refractivity contribution is -0.385. The molecule has 7 heteroatoms. The van der Waals surface area contributed by atoms with Gasteiger partial charge in [0.1, 0.15) is 5.56 Å². The van der Waals surface area contributed by atoms with E-state index in [1.807, 2.05) is 43.6 Å². The van der Waals surface area contributed by atoms with Crippen molar-refractivity contribution in [1.29, 1.82) is 0 Å². The van der Waals surface area contributed by atoms with Crippen LogP contribution in [0.5, 0.6) is 0 Å². The van der Waals surface area contributed by atoms with Gasteiger partial charge in [-0.1, -0.05) is 18.2 Å². The standard InChI is InChI=1S/C18H21N3O3S/c1-20(14-7-4-3-5-8-14)12-6-11-19-18(22)16-13-15(25-2)9-10-17(16)21(23)24/h3-5,7-10,13H,6,11-12H2,1-2H3,(H,19,22). The summed E-state index contributed by atoms with van der Waals surface area (Å²) in [6.07, 6.45) is 2.61. The van der Waals surface area contributed by atoms with Crippen LogP contribution in [0.4, 0.5) is 11.4 Å². The molecule has 0 spiro atoms. The van der Waals surface area contributed by atoms with Crippen LogP contribution in [0, 0.1) is 10.1 Å². The van der Waals surface area contributed by atoms with Crippen LogP contribution in [0.25, 0.3) is 0 Å². The molecule has 0 bridgehead atoms. The highest BCUT2D eigenvalue weighted by Gasteiger charge is 2.20. The molecular formula is C18H21N3O3S. The van der Waals surface area contributed by atoms with E-state index < -0.39 is 10.8 Å². The first-order valence-electron chi connectivity index (χ1n) is 7.89. The smallest absolute Gasteiger partial charge is 0.282 e. The molecule has 0 aliphatic carbocycles. The summed E-state index contributed by atoms with van der Waals surface area (Å²) in [5.74, 6) is -0.412. The van der Waals surface area contributed by atoms with Crippen LogP contribution >= 0.6 is 11.8 Å². The first kappa shape index (κ1) is 18.8. The first-order chi connectivity index (χ1) is 12.0. The van der Waals surface area contributed by atoms with E-state index in [2.05, 4.69) is 10.2 Å². The molecule has 25 heavy (non-hydrogen) atoms. The lowest BCUT2D eigenvalue weighted by atomic mass is 10.1. The Morgan fingerprint density at radius 1 is 1.24 bits per heavy atom. The zero-order valence-electron chi connectivity index (χ0n) is 14.3. The maximum absolute atomic E-state index is 12.3. The Morgan fingerprint density at radius 2 is 1.96 bits per heavy atom. The zero-order valence-corrected chi connectivity index (χ0v) is 15.1. The molecule has 0 aliphatic rings. The van der Waals surface area contributed by atoms with E-state index in [9.17, 15) is 14.9 Å². The molecule has 0 heterocycles. The van der Waals surface area contributed by atoms with Gasteiger partial charge >= 0.3 is 0 Å². The number of nitrogens with zero attached hydrogens (tertiary/aromatic N) is 2. The van der Waals surface area contributed by atoms with Crippen LogP contribution in [-0.4, -0.2) is 37.2 Å². The van der Waals surface area contributed by atoms with Crippen molar-refractivity contribution in [2.45, 2.75) is 11.3 Å². The molecule has 1 N–H and O–H groups in total. The minimum absolute atomic E-state index is 0.105. The normalized spacial score (nSPS) is 10.3. The van der Waals surface area contributed by atoms with Crippen molar-refractivity contribution < 1.29 is 9.72 Å². The minimum atomic E-state index is -0.526. The van der Waals surface area contributed by atoms with Gasteiger partial charge in [-0.05, 0) is 36.9 Å². The molecule has 0 aliphatic heterocycles. The molecule has 2 rings (SSSR count). The van der Waals surface area contributed by atoms with Crippen molar-refractivity contribution in [3.8, 4) is 0 Å². The Bertz CT molecular complexity index is 738. The molecule has 0 fully saturated rings. The SMILES string of the molecule is CSc1ccc([N+](=O)[O-])c(C(=O)NCCCN(C)c2ccccc2)c1. The van der Waals surface area contributed by atoms with E-state index in [0.717, 1.165) is 23.5 Å². The fourth-order valence-electron chi connectivity index (χ4n) is 2.41. The summed E-state index contributed by atoms with van der Waals surface area (Å²) in [6, 6.07) is 14.6. The van der Waals surface area contributed by atoms with E-state index in [1.54, 1.807) is 12.1 Å². The van der Waals surface area contributed by atoms with Crippen LogP contribution in [-0.2, 0) is 0 Å². The fraction of sp³-hybridized carbons (Fsp3) is 0.278. The van der Waals surface area contributed by atoms with E-state index in [1.165, 1.54) is 17.8 Å². The van der Waals surface area contributed by atoms with Gasteiger partial charge in [-0.2, -0.15) is 0 Å². The zero-order chi connectivity index (χ0) is 18.2. The summed E-state index contributed by atoms with van der Waals surface area (Å²) >= 11 is 1.44. The Morgan fingerprint density at radius 3 is 2.60 bits per heavy atom. The monoisotopic (exact) mass is 359 g/mol. The summed E-state index contributed by atoms with van der Waals surface area (Å²) in [5.41, 5.74) is 1.04. The number of carbonyl (C=O) groups excluding carboxylic acids is 1. The van der Waals surface area contributed by atoms with Gasteiger partial charge in [0.2, 0.25) is 0 Å². The lowest BCUT2D eigenvalue weighted by Gasteiger charge is -2.19. The molecular weight excluding hydrogens is 338 g/mol. The molecule has 0 saturated heterocycles. The van der Waals surface area contributed by atoms with Gasteiger partial charge in [0.15, 0.2) is 0 Å². The van der Waals surface area contributed by atoms with Crippen LogP contribution in [0.2, 0.25) is 0 Å². The van der Waals surface area contributed by atoms with Crippen LogP contribution < -0.4 is 10.2 Å². The number of hydrogen-bond acceptors (Lipinski definition) is 5. The third-order valence-electron chi connectivity index (χ3n) is 3.80. The van der Waals surface area contributed by atoms with E-state index in [-0.39, 0.29) is 11.3 Å². The predicted octanol–water partition coefficient (Wildman–Crippen LogP) is 3.57. The molecule has 2 aromatic carbocycles. The summed E-state index contributed by atoms with van der Waals surface area (Å²) in [7, 11) is 1.99. The van der Waals surface area contributed by atoms with Crippen molar-refractivity contribution in [3.63, 3.8) is 0 Å². The lowest BCUT2D eigenvalue weighted by Crippen LogP contribution is -2.28. The Kier molecular flexibility index (Phi) is 6.82. The second kappa shape index (κ2) is 9.08. The van der Waals surface area contributed by atoms with E-state index >= 15 is 0 Å². The average Bonchev–Trinajstić information content (AvgIpc) is 2.64. The molecule has 1 amide bonds. The number of thioether (sulfide) groups is 1. The molecule has 0 saturated carbocycles. The summed E-state index contributed by atoms with van der Waals surface area (Å²) in [6.45, 7) is 1.23. The first-order valence-corrected chi connectivity index (χ1v) is 9.12. The number of para-hydroxylation sites is 1. The van der Waals surface area contributed by atoms with Gasteiger partial charge < -0.3 is 10.2 Å². The molecule has 0 unspecified atom stereocenters. The maximum Gasteiger partial charge on any atom is 0.282 e. The summed E-state index contributed by atoms with van der Waals surface area (Å²) < 4.78 is 0. The Labute approximate surface area is 151 Å². The highest BCUT2D eigenvalue weighted by Crippen LogP contribution is 2.24. The second-order valence-electron chi connectivity index (χ2n) is 5.51. The van der Waals surface area contributed by atoms with Crippen molar-refractivity contribution in [2.24, 2.45) is 0 Å². The van der Waals surface area contributed by atoms with E-state index in [4.69, 9.17) is 0 Å². The quantitative estimate of drug-likeness (QED) is 0.337. The number of amides is 1. The molecule has 2 aromatic rings. The molecule has 6 nitrogen and oxygen atoms in total. The molecule has 0 aromatic heterocycles. The average molecular weight is 359 g/mol. The van der Waals surface area contributed by atoms with Crippen molar-refractivity contribution in [2.75, 3.05) is 31.3 Å². The Hall–Kier alpha value is -2.54. The number of rotatable bonds is 8. The van der Waals surface area contributed by atoms with Crippen molar-refractivity contribution in [1.82, 2.24) is 5.32 Å².